The average molecular weight is 340 g/mol. The van der Waals surface area contributed by atoms with Crippen molar-refractivity contribution >= 4 is 22.8 Å². The molecule has 0 aromatic heterocycles. The number of rotatable bonds is 3. The van der Waals surface area contributed by atoms with Gasteiger partial charge < -0.3 is 15.7 Å². The Morgan fingerprint density at radius 1 is 1.12 bits per heavy atom. The first-order valence-electron chi connectivity index (χ1n) is 8.68. The zero-order valence-corrected chi connectivity index (χ0v) is 14.1. The Hall–Kier alpha value is -2.60. The third kappa shape index (κ3) is 4.48. The molecule has 0 saturated heterocycles. The molecule has 132 valence electrons. The fraction of sp³-hybridized carbons (Fsp3) is 0.368. The number of aliphatic hydroxyl groups excluding tert-OH is 1. The van der Waals surface area contributed by atoms with Crippen molar-refractivity contribution in [3.8, 4) is 0 Å². The smallest absolute Gasteiger partial charge is 0.321 e. The molecule has 3 rings (SSSR count). The Morgan fingerprint density at radius 3 is 2.72 bits per heavy atom. The summed E-state index contributed by atoms with van der Waals surface area (Å²) in [5.74, 6) is -0.0595. The molecule has 2 amide bonds. The number of aliphatic hydroxyl groups is 1. The first-order chi connectivity index (χ1) is 12.1. The quantitative estimate of drug-likeness (QED) is 0.438. The first kappa shape index (κ1) is 17.2. The zero-order chi connectivity index (χ0) is 17.6. The standard InChI is InChI=1S/C19H24N4O2/c20-18(23-19(25)22-16-10-3-4-11-17(16)24)21-12-14-8-5-7-13-6-1-2-9-15(13)14/h1-2,5-9,16-17,24H,3-4,10-12H2,(H4,20,21,22,23,25). The number of fused-ring (bicyclic) bond motifs is 1. The molecule has 1 fully saturated rings. The maximum atomic E-state index is 12.0. The molecule has 1 aliphatic rings. The van der Waals surface area contributed by atoms with Crippen LogP contribution in [0, 0.1) is 5.41 Å². The van der Waals surface area contributed by atoms with E-state index < -0.39 is 12.1 Å². The van der Waals surface area contributed by atoms with Crippen LogP contribution in [0.25, 0.3) is 10.8 Å². The Kier molecular flexibility index (Phi) is 5.50. The molecule has 6 heteroatoms. The number of hydrogen-bond acceptors (Lipinski definition) is 3. The van der Waals surface area contributed by atoms with Crippen molar-refractivity contribution in [2.45, 2.75) is 44.4 Å². The van der Waals surface area contributed by atoms with Crippen LogP contribution < -0.4 is 16.0 Å². The molecule has 2 unspecified atom stereocenters. The van der Waals surface area contributed by atoms with Gasteiger partial charge in [0.05, 0.1) is 12.1 Å². The molecule has 2 atom stereocenters. The van der Waals surface area contributed by atoms with Gasteiger partial charge in [0, 0.05) is 6.54 Å². The van der Waals surface area contributed by atoms with Crippen LogP contribution in [0.15, 0.2) is 42.5 Å². The summed E-state index contributed by atoms with van der Waals surface area (Å²) in [4.78, 5) is 12.0. The van der Waals surface area contributed by atoms with Crippen LogP contribution >= 0.6 is 0 Å². The van der Waals surface area contributed by atoms with Crippen molar-refractivity contribution in [3.05, 3.63) is 48.0 Å². The molecule has 0 radical (unpaired) electrons. The fourth-order valence-corrected chi connectivity index (χ4v) is 3.27. The Morgan fingerprint density at radius 2 is 1.88 bits per heavy atom. The highest BCUT2D eigenvalue weighted by Gasteiger charge is 2.24. The molecule has 0 spiro atoms. The summed E-state index contributed by atoms with van der Waals surface area (Å²) in [6.07, 6.45) is 2.97. The lowest BCUT2D eigenvalue weighted by Gasteiger charge is -2.28. The van der Waals surface area contributed by atoms with Crippen LogP contribution in [0.2, 0.25) is 0 Å². The van der Waals surface area contributed by atoms with Crippen LogP contribution in [0.4, 0.5) is 4.79 Å². The molecule has 0 aliphatic heterocycles. The summed E-state index contributed by atoms with van der Waals surface area (Å²) >= 11 is 0. The van der Waals surface area contributed by atoms with E-state index in [2.05, 4.69) is 16.0 Å². The van der Waals surface area contributed by atoms with Crippen molar-refractivity contribution in [2.24, 2.45) is 0 Å². The number of amides is 2. The van der Waals surface area contributed by atoms with E-state index >= 15 is 0 Å². The van der Waals surface area contributed by atoms with E-state index in [-0.39, 0.29) is 12.0 Å². The van der Waals surface area contributed by atoms with Crippen molar-refractivity contribution in [1.29, 1.82) is 5.41 Å². The molecule has 1 saturated carbocycles. The van der Waals surface area contributed by atoms with E-state index in [4.69, 9.17) is 5.41 Å². The number of hydrogen-bond donors (Lipinski definition) is 5. The monoisotopic (exact) mass is 340 g/mol. The fourth-order valence-electron chi connectivity index (χ4n) is 3.27. The van der Waals surface area contributed by atoms with Gasteiger partial charge in [-0.3, -0.25) is 10.7 Å². The largest absolute Gasteiger partial charge is 0.391 e. The lowest BCUT2D eigenvalue weighted by atomic mass is 9.93. The van der Waals surface area contributed by atoms with Crippen molar-refractivity contribution < 1.29 is 9.90 Å². The molecule has 25 heavy (non-hydrogen) atoms. The molecule has 2 aromatic carbocycles. The van der Waals surface area contributed by atoms with E-state index in [1.165, 1.54) is 0 Å². The molecule has 1 aliphatic carbocycles. The third-order valence-electron chi connectivity index (χ3n) is 4.62. The number of guanidine groups is 1. The molecular formula is C19H24N4O2. The molecule has 5 N–H and O–H groups in total. The zero-order valence-electron chi connectivity index (χ0n) is 14.1. The van der Waals surface area contributed by atoms with E-state index in [0.717, 1.165) is 35.6 Å². The molecule has 6 nitrogen and oxygen atoms in total. The maximum absolute atomic E-state index is 12.0. The van der Waals surface area contributed by atoms with Gasteiger partial charge in [0.1, 0.15) is 0 Å². The normalized spacial score (nSPS) is 20.0. The minimum atomic E-state index is -0.502. The maximum Gasteiger partial charge on any atom is 0.321 e. The van der Waals surface area contributed by atoms with Crippen LogP contribution in [-0.4, -0.2) is 29.2 Å². The highest BCUT2D eigenvalue weighted by molar-refractivity contribution is 5.95. The van der Waals surface area contributed by atoms with Crippen LogP contribution in [0.5, 0.6) is 0 Å². The number of benzene rings is 2. The molecule has 0 bridgehead atoms. The van der Waals surface area contributed by atoms with Crippen molar-refractivity contribution in [2.75, 3.05) is 0 Å². The van der Waals surface area contributed by atoms with Crippen LogP contribution in [0.1, 0.15) is 31.2 Å². The van der Waals surface area contributed by atoms with Gasteiger partial charge in [-0.2, -0.15) is 0 Å². The SMILES string of the molecule is N=C(NCc1cccc2ccccc12)NC(=O)NC1CCCCC1O. The second-order valence-electron chi connectivity index (χ2n) is 6.42. The van der Waals surface area contributed by atoms with Crippen molar-refractivity contribution in [1.82, 2.24) is 16.0 Å². The second-order valence-corrected chi connectivity index (χ2v) is 6.42. The van der Waals surface area contributed by atoms with Gasteiger partial charge >= 0.3 is 6.03 Å². The lowest BCUT2D eigenvalue weighted by Crippen LogP contribution is -2.52. The summed E-state index contributed by atoms with van der Waals surface area (Å²) in [5, 5.41) is 28.2. The summed E-state index contributed by atoms with van der Waals surface area (Å²) in [5.41, 5.74) is 1.06. The van der Waals surface area contributed by atoms with Gasteiger partial charge in [-0.1, -0.05) is 55.3 Å². The second kappa shape index (κ2) is 7.98. The van der Waals surface area contributed by atoms with Gasteiger partial charge in [0.15, 0.2) is 5.96 Å². The van der Waals surface area contributed by atoms with E-state index in [1.807, 2.05) is 42.5 Å². The van der Waals surface area contributed by atoms with Crippen LogP contribution in [-0.2, 0) is 6.54 Å². The van der Waals surface area contributed by atoms with E-state index in [1.54, 1.807) is 0 Å². The third-order valence-corrected chi connectivity index (χ3v) is 4.62. The predicted molar refractivity (Wildman–Crippen MR) is 98.4 cm³/mol. The predicted octanol–water partition coefficient (Wildman–Crippen LogP) is 2.47. The number of urea groups is 1. The molecular weight excluding hydrogens is 316 g/mol. The summed E-state index contributed by atoms with van der Waals surface area (Å²) < 4.78 is 0. The number of carbonyl (C=O) groups excluding carboxylic acids is 1. The van der Waals surface area contributed by atoms with Gasteiger partial charge in [-0.15, -0.1) is 0 Å². The number of nitrogens with one attached hydrogen (secondary N) is 4. The minimum absolute atomic E-state index is 0.0595. The van der Waals surface area contributed by atoms with Gasteiger partial charge in [-0.05, 0) is 29.2 Å². The van der Waals surface area contributed by atoms with Gasteiger partial charge in [0.2, 0.25) is 0 Å². The van der Waals surface area contributed by atoms with Crippen molar-refractivity contribution in [3.63, 3.8) is 0 Å². The molecule has 2 aromatic rings. The summed E-state index contributed by atoms with van der Waals surface area (Å²) in [6, 6.07) is 13.4. The highest BCUT2D eigenvalue weighted by Crippen LogP contribution is 2.19. The Bertz CT molecular complexity index is 757. The molecule has 0 heterocycles. The average Bonchev–Trinajstić information content (AvgIpc) is 2.62. The van der Waals surface area contributed by atoms with Gasteiger partial charge in [-0.25, -0.2) is 4.79 Å². The Labute approximate surface area is 147 Å². The van der Waals surface area contributed by atoms with Crippen LogP contribution in [0.3, 0.4) is 0 Å². The first-order valence-corrected chi connectivity index (χ1v) is 8.68. The van der Waals surface area contributed by atoms with E-state index in [9.17, 15) is 9.90 Å². The summed E-state index contributed by atoms with van der Waals surface area (Å²) in [7, 11) is 0. The van der Waals surface area contributed by atoms with E-state index in [0.29, 0.717) is 13.0 Å². The lowest BCUT2D eigenvalue weighted by molar-refractivity contribution is 0.0947. The summed E-state index contributed by atoms with van der Waals surface area (Å²) in [6.45, 7) is 0.451. The Balaban J connectivity index is 1.51. The topological polar surface area (TPSA) is 97.2 Å². The highest BCUT2D eigenvalue weighted by atomic mass is 16.3. The minimum Gasteiger partial charge on any atom is -0.391 e. The van der Waals surface area contributed by atoms with Gasteiger partial charge in [0.25, 0.3) is 0 Å². The number of carbonyl (C=O) groups is 1.